The van der Waals surface area contributed by atoms with Gasteiger partial charge in [0, 0.05) is 24.6 Å². The molecule has 2 N–H and O–H groups in total. The van der Waals surface area contributed by atoms with Crippen molar-refractivity contribution >= 4 is 0 Å². The molecule has 1 aliphatic rings. The molecule has 3 nitrogen and oxygen atoms in total. The number of nitrogens with zero attached hydrogens (tertiary/aromatic N) is 1. The van der Waals surface area contributed by atoms with Gasteiger partial charge in [0.2, 0.25) is 0 Å². The summed E-state index contributed by atoms with van der Waals surface area (Å²) in [7, 11) is 0. The molecule has 3 heteroatoms. The number of aliphatic hydroxyl groups excluding tert-OH is 2. The average molecular weight is 229 g/mol. The summed E-state index contributed by atoms with van der Waals surface area (Å²) in [6.45, 7) is 8.40. The van der Waals surface area contributed by atoms with Gasteiger partial charge < -0.3 is 10.2 Å². The van der Waals surface area contributed by atoms with Crippen molar-refractivity contribution in [3.05, 3.63) is 0 Å². The molecule has 1 aliphatic heterocycles. The molecule has 0 aliphatic carbocycles. The quantitative estimate of drug-likeness (QED) is 0.753. The van der Waals surface area contributed by atoms with Crippen molar-refractivity contribution < 1.29 is 10.2 Å². The van der Waals surface area contributed by atoms with Gasteiger partial charge in [-0.25, -0.2) is 0 Å². The fourth-order valence-electron chi connectivity index (χ4n) is 2.40. The minimum atomic E-state index is -0.288. The molecule has 96 valence electrons. The van der Waals surface area contributed by atoms with Crippen LogP contribution in [-0.4, -0.2) is 47.0 Å². The first-order valence-corrected chi connectivity index (χ1v) is 6.50. The molecule has 0 aromatic carbocycles. The fourth-order valence-corrected chi connectivity index (χ4v) is 2.40. The lowest BCUT2D eigenvalue weighted by Gasteiger charge is -2.41. The van der Waals surface area contributed by atoms with Gasteiger partial charge in [-0.05, 0) is 32.7 Å². The zero-order valence-electron chi connectivity index (χ0n) is 10.9. The summed E-state index contributed by atoms with van der Waals surface area (Å²) in [6.07, 6.45) is 4.30. The van der Waals surface area contributed by atoms with Crippen molar-refractivity contribution in [1.82, 2.24) is 4.90 Å². The van der Waals surface area contributed by atoms with Gasteiger partial charge in [0.1, 0.15) is 0 Å². The Morgan fingerprint density at radius 3 is 2.62 bits per heavy atom. The molecule has 2 atom stereocenters. The lowest BCUT2D eigenvalue weighted by Crippen LogP contribution is -2.47. The maximum Gasteiger partial charge on any atom is 0.0575 e. The summed E-state index contributed by atoms with van der Waals surface area (Å²) in [6, 6.07) is 0.511. The second-order valence-electron chi connectivity index (χ2n) is 5.80. The van der Waals surface area contributed by atoms with Crippen LogP contribution in [0.15, 0.2) is 0 Å². The third kappa shape index (κ3) is 3.72. The van der Waals surface area contributed by atoms with E-state index in [1.165, 1.54) is 19.3 Å². The molecule has 0 aromatic heterocycles. The highest BCUT2D eigenvalue weighted by Gasteiger charge is 2.31. The minimum absolute atomic E-state index is 0.0644. The van der Waals surface area contributed by atoms with Crippen LogP contribution in [-0.2, 0) is 0 Å². The van der Waals surface area contributed by atoms with E-state index in [4.69, 9.17) is 5.11 Å². The monoisotopic (exact) mass is 229 g/mol. The normalized spacial score (nSPS) is 25.7. The third-order valence-electron chi connectivity index (χ3n) is 3.95. The highest BCUT2D eigenvalue weighted by atomic mass is 16.3. The Morgan fingerprint density at radius 2 is 2.06 bits per heavy atom. The average Bonchev–Trinajstić information content (AvgIpc) is 2.20. The van der Waals surface area contributed by atoms with Crippen LogP contribution in [0.5, 0.6) is 0 Å². The van der Waals surface area contributed by atoms with Gasteiger partial charge in [-0.1, -0.05) is 20.3 Å². The van der Waals surface area contributed by atoms with E-state index < -0.39 is 0 Å². The fraction of sp³-hybridized carbons (Fsp3) is 1.00. The maximum absolute atomic E-state index is 9.75. The van der Waals surface area contributed by atoms with Gasteiger partial charge in [-0.2, -0.15) is 0 Å². The van der Waals surface area contributed by atoms with E-state index >= 15 is 0 Å². The zero-order valence-corrected chi connectivity index (χ0v) is 10.9. The largest absolute Gasteiger partial charge is 0.396 e. The molecule has 0 aromatic rings. The lowest BCUT2D eigenvalue weighted by molar-refractivity contribution is 0.00807. The SMILES string of the molecule is CC(O)C(C)(C)CN1CCCCC1CCO. The summed E-state index contributed by atoms with van der Waals surface area (Å²) in [5, 5.41) is 18.8. The maximum atomic E-state index is 9.75. The summed E-state index contributed by atoms with van der Waals surface area (Å²) >= 11 is 0. The van der Waals surface area contributed by atoms with Crippen LogP contribution in [0, 0.1) is 5.41 Å². The van der Waals surface area contributed by atoms with E-state index in [-0.39, 0.29) is 18.1 Å². The van der Waals surface area contributed by atoms with Gasteiger partial charge in [0.15, 0.2) is 0 Å². The summed E-state index contributed by atoms with van der Waals surface area (Å²) in [4.78, 5) is 2.45. The van der Waals surface area contributed by atoms with Gasteiger partial charge in [0.25, 0.3) is 0 Å². The molecule has 0 amide bonds. The Morgan fingerprint density at radius 1 is 1.38 bits per heavy atom. The second kappa shape index (κ2) is 5.99. The van der Waals surface area contributed by atoms with E-state index in [1.54, 1.807) is 0 Å². The van der Waals surface area contributed by atoms with Crippen LogP contribution < -0.4 is 0 Å². The van der Waals surface area contributed by atoms with Crippen LogP contribution >= 0.6 is 0 Å². The number of rotatable bonds is 5. The highest BCUT2D eigenvalue weighted by Crippen LogP contribution is 2.27. The van der Waals surface area contributed by atoms with Crippen LogP contribution in [0.1, 0.15) is 46.5 Å². The van der Waals surface area contributed by atoms with E-state index in [2.05, 4.69) is 18.7 Å². The second-order valence-corrected chi connectivity index (χ2v) is 5.80. The molecule has 0 spiro atoms. The standard InChI is InChI=1S/C13H27NO2/c1-11(16)13(2,3)10-14-8-5-4-6-12(14)7-9-15/h11-12,15-16H,4-10H2,1-3H3. The first-order valence-electron chi connectivity index (χ1n) is 6.50. The highest BCUT2D eigenvalue weighted by molar-refractivity contribution is 4.84. The molecule has 0 saturated carbocycles. The minimum Gasteiger partial charge on any atom is -0.396 e. The number of hydrogen-bond donors (Lipinski definition) is 2. The Balaban J connectivity index is 2.55. The third-order valence-corrected chi connectivity index (χ3v) is 3.95. The van der Waals surface area contributed by atoms with Gasteiger partial charge in [-0.3, -0.25) is 4.90 Å². The number of aliphatic hydroxyl groups is 2. The van der Waals surface area contributed by atoms with Gasteiger partial charge in [0.05, 0.1) is 6.10 Å². The molecule has 1 heterocycles. The number of piperidine rings is 1. The van der Waals surface area contributed by atoms with Gasteiger partial charge >= 0.3 is 0 Å². The first-order chi connectivity index (χ1) is 7.47. The Labute approximate surface area is 99.5 Å². The van der Waals surface area contributed by atoms with E-state index in [9.17, 15) is 5.11 Å². The van der Waals surface area contributed by atoms with E-state index in [0.717, 1.165) is 19.5 Å². The number of hydrogen-bond acceptors (Lipinski definition) is 3. The molecule has 1 fully saturated rings. The van der Waals surface area contributed by atoms with Crippen LogP contribution in [0.2, 0.25) is 0 Å². The molecule has 0 radical (unpaired) electrons. The van der Waals surface area contributed by atoms with Crippen molar-refractivity contribution in [3.63, 3.8) is 0 Å². The van der Waals surface area contributed by atoms with Crippen molar-refractivity contribution in [2.75, 3.05) is 19.7 Å². The summed E-state index contributed by atoms with van der Waals surface area (Å²) in [5.74, 6) is 0. The van der Waals surface area contributed by atoms with Crippen molar-refractivity contribution in [1.29, 1.82) is 0 Å². The Hall–Kier alpha value is -0.120. The molecule has 1 rings (SSSR count). The van der Waals surface area contributed by atoms with E-state index in [1.807, 2.05) is 6.92 Å². The predicted octanol–water partition coefficient (Wildman–Crippen LogP) is 1.63. The molecule has 0 bridgehead atoms. The van der Waals surface area contributed by atoms with E-state index in [0.29, 0.717) is 6.04 Å². The summed E-state index contributed by atoms with van der Waals surface area (Å²) < 4.78 is 0. The molecule has 16 heavy (non-hydrogen) atoms. The van der Waals surface area contributed by atoms with Crippen molar-refractivity contribution in [2.24, 2.45) is 5.41 Å². The molecule has 1 saturated heterocycles. The Kier molecular flexibility index (Phi) is 5.22. The molecule has 2 unspecified atom stereocenters. The smallest absolute Gasteiger partial charge is 0.0575 e. The summed E-state index contributed by atoms with van der Waals surface area (Å²) in [5.41, 5.74) is -0.0644. The van der Waals surface area contributed by atoms with Crippen molar-refractivity contribution in [3.8, 4) is 0 Å². The van der Waals surface area contributed by atoms with Crippen LogP contribution in [0.4, 0.5) is 0 Å². The van der Waals surface area contributed by atoms with Crippen LogP contribution in [0.25, 0.3) is 0 Å². The topological polar surface area (TPSA) is 43.7 Å². The van der Waals surface area contributed by atoms with Crippen molar-refractivity contribution in [2.45, 2.75) is 58.6 Å². The van der Waals surface area contributed by atoms with Gasteiger partial charge in [-0.15, -0.1) is 0 Å². The van der Waals surface area contributed by atoms with Crippen LogP contribution in [0.3, 0.4) is 0 Å². The molecular weight excluding hydrogens is 202 g/mol. The first kappa shape index (κ1) is 13.9. The predicted molar refractivity (Wildman–Crippen MR) is 66.4 cm³/mol. The molecular formula is C13H27NO2. The zero-order chi connectivity index (χ0) is 12.2. The lowest BCUT2D eigenvalue weighted by atomic mass is 9.85. The Bertz CT molecular complexity index is 202. The number of likely N-dealkylation sites (tertiary alicyclic amines) is 1.